The van der Waals surface area contributed by atoms with Gasteiger partial charge in [0.25, 0.3) is 0 Å². The first-order valence-corrected chi connectivity index (χ1v) is 10.9. The quantitative estimate of drug-likeness (QED) is 0.541. The maximum atomic E-state index is 6.57. The van der Waals surface area contributed by atoms with Crippen molar-refractivity contribution in [3.8, 4) is 5.75 Å². The normalized spacial score (nSPS) is 29.6. The molecule has 1 aliphatic heterocycles. The summed E-state index contributed by atoms with van der Waals surface area (Å²) in [6, 6.07) is 14.3. The Morgan fingerprint density at radius 3 is 2.31 bits per heavy atom. The molecule has 1 saturated heterocycles. The highest BCUT2D eigenvalue weighted by Gasteiger charge is 2.50. The van der Waals surface area contributed by atoms with Gasteiger partial charge in [-0.15, -0.1) is 0 Å². The van der Waals surface area contributed by atoms with Crippen molar-refractivity contribution in [3.63, 3.8) is 0 Å². The van der Waals surface area contributed by atoms with E-state index in [2.05, 4.69) is 45.9 Å². The molecule has 1 aliphatic rings. The molecule has 158 valence electrons. The van der Waals surface area contributed by atoms with Crippen LogP contribution in [0.25, 0.3) is 0 Å². The first-order chi connectivity index (χ1) is 13.8. The van der Waals surface area contributed by atoms with Crippen LogP contribution in [0.2, 0.25) is 5.02 Å². The minimum Gasteiger partial charge on any atom is -0.494 e. The highest BCUT2D eigenvalue weighted by atomic mass is 35.5. The molecule has 0 saturated carbocycles. The number of methoxy groups -OCH3 is 1. The van der Waals surface area contributed by atoms with Crippen LogP contribution in [0.1, 0.15) is 51.3 Å². The second-order valence-corrected chi connectivity index (χ2v) is 8.67. The van der Waals surface area contributed by atoms with Gasteiger partial charge in [-0.1, -0.05) is 50.6 Å². The van der Waals surface area contributed by atoms with Gasteiger partial charge in [0.2, 0.25) is 0 Å². The third kappa shape index (κ3) is 4.33. The second kappa shape index (κ2) is 9.07. The summed E-state index contributed by atoms with van der Waals surface area (Å²) in [4.78, 5) is 0. The van der Waals surface area contributed by atoms with E-state index in [0.29, 0.717) is 18.4 Å². The van der Waals surface area contributed by atoms with Gasteiger partial charge in [0.15, 0.2) is 5.79 Å². The van der Waals surface area contributed by atoms with Crippen molar-refractivity contribution in [1.82, 2.24) is 0 Å². The smallest absolute Gasteiger partial charge is 0.197 e. The Kier molecular flexibility index (Phi) is 6.93. The van der Waals surface area contributed by atoms with Crippen LogP contribution in [0.4, 0.5) is 0 Å². The number of hydrogen-bond acceptors (Lipinski definition) is 3. The average molecular weight is 417 g/mol. The van der Waals surface area contributed by atoms with Gasteiger partial charge in [-0.3, -0.25) is 0 Å². The fourth-order valence-electron chi connectivity index (χ4n) is 4.42. The van der Waals surface area contributed by atoms with Crippen molar-refractivity contribution in [3.05, 3.63) is 64.2 Å². The molecule has 0 aromatic heterocycles. The number of halogens is 1. The number of rotatable bonds is 6. The minimum atomic E-state index is -0.760. The van der Waals surface area contributed by atoms with Crippen molar-refractivity contribution in [1.29, 1.82) is 0 Å². The molecule has 3 rings (SSSR count). The standard InChI is InChI=1S/C25H33ClO3/c1-7-28-23-11-8-20(9-12-23)14-21-15-22(10-13-24(21)26)25(27-6)18(4)16(2)17(3)19(5)29-25/h8-13,15-19H,7,14H2,1-6H3. The molecule has 0 radical (unpaired) electrons. The Morgan fingerprint density at radius 2 is 1.69 bits per heavy atom. The Hall–Kier alpha value is -1.55. The summed E-state index contributed by atoms with van der Waals surface area (Å²) in [5.41, 5.74) is 3.29. The monoisotopic (exact) mass is 416 g/mol. The van der Waals surface area contributed by atoms with E-state index in [-0.39, 0.29) is 12.0 Å². The van der Waals surface area contributed by atoms with E-state index in [1.54, 1.807) is 7.11 Å². The van der Waals surface area contributed by atoms with Crippen molar-refractivity contribution in [2.75, 3.05) is 13.7 Å². The maximum Gasteiger partial charge on any atom is 0.197 e. The molecule has 1 fully saturated rings. The van der Waals surface area contributed by atoms with E-state index in [1.165, 1.54) is 5.56 Å². The zero-order chi connectivity index (χ0) is 21.2. The SMILES string of the molecule is CCOc1ccc(Cc2cc(C3(OC)OC(C)C(C)C(C)C3C)ccc2Cl)cc1. The summed E-state index contributed by atoms with van der Waals surface area (Å²) in [6.07, 6.45) is 0.862. The fourth-order valence-corrected chi connectivity index (χ4v) is 4.60. The highest BCUT2D eigenvalue weighted by Crippen LogP contribution is 2.48. The third-order valence-corrected chi connectivity index (χ3v) is 7.07. The molecule has 29 heavy (non-hydrogen) atoms. The maximum absolute atomic E-state index is 6.57. The minimum absolute atomic E-state index is 0.117. The van der Waals surface area contributed by atoms with E-state index >= 15 is 0 Å². The fraction of sp³-hybridized carbons (Fsp3) is 0.520. The van der Waals surface area contributed by atoms with Crippen LogP contribution < -0.4 is 4.74 Å². The molecule has 2 aromatic carbocycles. The topological polar surface area (TPSA) is 27.7 Å². The first kappa shape index (κ1) is 22.1. The Balaban J connectivity index is 1.93. The largest absolute Gasteiger partial charge is 0.494 e. The van der Waals surface area contributed by atoms with Crippen LogP contribution in [0.3, 0.4) is 0 Å². The molecule has 0 bridgehead atoms. The van der Waals surface area contributed by atoms with E-state index in [1.807, 2.05) is 31.2 Å². The van der Waals surface area contributed by atoms with Crippen LogP contribution >= 0.6 is 11.6 Å². The lowest BCUT2D eigenvalue weighted by atomic mass is 9.73. The van der Waals surface area contributed by atoms with Gasteiger partial charge in [0, 0.05) is 23.6 Å². The van der Waals surface area contributed by atoms with E-state index in [4.69, 9.17) is 25.8 Å². The highest BCUT2D eigenvalue weighted by molar-refractivity contribution is 6.31. The second-order valence-electron chi connectivity index (χ2n) is 8.26. The molecule has 5 atom stereocenters. The summed E-state index contributed by atoms with van der Waals surface area (Å²) in [6.45, 7) is 11.6. The van der Waals surface area contributed by atoms with Crippen LogP contribution in [0.15, 0.2) is 42.5 Å². The molecule has 4 heteroatoms. The van der Waals surface area contributed by atoms with Crippen LogP contribution in [-0.4, -0.2) is 19.8 Å². The Labute approximate surface area is 180 Å². The predicted octanol–water partition coefficient (Wildman–Crippen LogP) is 6.46. The van der Waals surface area contributed by atoms with Gasteiger partial charge >= 0.3 is 0 Å². The summed E-state index contributed by atoms with van der Waals surface area (Å²) in [5.74, 6) is 1.30. The molecule has 0 aliphatic carbocycles. The third-order valence-electron chi connectivity index (χ3n) is 6.70. The number of hydrogen-bond donors (Lipinski definition) is 0. The zero-order valence-electron chi connectivity index (χ0n) is 18.4. The van der Waals surface area contributed by atoms with E-state index in [0.717, 1.165) is 28.3 Å². The van der Waals surface area contributed by atoms with Gasteiger partial charge < -0.3 is 14.2 Å². The number of ether oxygens (including phenoxy) is 3. The lowest BCUT2D eigenvalue weighted by molar-refractivity contribution is -0.324. The van der Waals surface area contributed by atoms with Gasteiger partial charge in [0.05, 0.1) is 12.7 Å². The average Bonchev–Trinajstić information content (AvgIpc) is 2.72. The molecule has 0 N–H and O–H groups in total. The molecular weight excluding hydrogens is 384 g/mol. The Bertz CT molecular complexity index is 819. The van der Waals surface area contributed by atoms with Crippen LogP contribution in [-0.2, 0) is 21.7 Å². The van der Waals surface area contributed by atoms with Crippen molar-refractivity contribution < 1.29 is 14.2 Å². The van der Waals surface area contributed by atoms with Gasteiger partial charge in [0.1, 0.15) is 5.75 Å². The number of benzene rings is 2. The summed E-state index contributed by atoms with van der Waals surface area (Å²) < 4.78 is 18.1. The van der Waals surface area contributed by atoms with Gasteiger partial charge in [-0.05, 0) is 67.5 Å². The molecular formula is C25H33ClO3. The molecule has 0 spiro atoms. The molecule has 0 amide bonds. The van der Waals surface area contributed by atoms with Crippen molar-refractivity contribution in [2.24, 2.45) is 17.8 Å². The molecule has 2 aromatic rings. The van der Waals surface area contributed by atoms with Crippen LogP contribution in [0, 0.1) is 17.8 Å². The lowest BCUT2D eigenvalue weighted by Gasteiger charge is -2.50. The van der Waals surface area contributed by atoms with E-state index in [9.17, 15) is 0 Å². The predicted molar refractivity (Wildman–Crippen MR) is 119 cm³/mol. The molecule has 5 unspecified atom stereocenters. The van der Waals surface area contributed by atoms with Gasteiger partial charge in [-0.2, -0.15) is 0 Å². The lowest BCUT2D eigenvalue weighted by Crippen LogP contribution is -2.52. The van der Waals surface area contributed by atoms with Crippen LogP contribution in [0.5, 0.6) is 5.75 Å². The summed E-state index contributed by atoms with van der Waals surface area (Å²) in [7, 11) is 1.74. The molecule has 1 heterocycles. The van der Waals surface area contributed by atoms with E-state index < -0.39 is 5.79 Å². The summed E-state index contributed by atoms with van der Waals surface area (Å²) >= 11 is 6.57. The van der Waals surface area contributed by atoms with Crippen molar-refractivity contribution >= 4 is 11.6 Å². The van der Waals surface area contributed by atoms with Crippen molar-refractivity contribution in [2.45, 2.75) is 52.9 Å². The molecule has 3 nitrogen and oxygen atoms in total. The first-order valence-electron chi connectivity index (χ1n) is 10.6. The zero-order valence-corrected chi connectivity index (χ0v) is 19.1. The Morgan fingerprint density at radius 1 is 1.00 bits per heavy atom. The van der Waals surface area contributed by atoms with Gasteiger partial charge in [-0.25, -0.2) is 0 Å². The summed E-state index contributed by atoms with van der Waals surface area (Å²) in [5, 5.41) is 0.756.